The lowest BCUT2D eigenvalue weighted by atomic mass is 10.1. The van der Waals surface area contributed by atoms with Crippen LogP contribution in [0.15, 0.2) is 12.1 Å². The molecule has 0 aliphatic carbocycles. The third-order valence-corrected chi connectivity index (χ3v) is 1.98. The largest absolute Gasteiger partial charge is 0.396 e. The van der Waals surface area contributed by atoms with Gasteiger partial charge in [0.2, 0.25) is 0 Å². The highest BCUT2D eigenvalue weighted by atomic mass is 19.1. The number of halogens is 2. The van der Waals surface area contributed by atoms with E-state index in [4.69, 9.17) is 5.11 Å². The average Bonchev–Trinajstić information content (AvgIpc) is 2.10. The smallest absolute Gasteiger partial charge is 0.129 e. The van der Waals surface area contributed by atoms with Gasteiger partial charge in [-0.2, -0.15) is 0 Å². The molecular formula is C10H12F2O. The lowest BCUT2D eigenvalue weighted by Crippen LogP contribution is -1.99. The molecule has 0 atom stereocenters. The van der Waals surface area contributed by atoms with E-state index in [0.717, 1.165) is 6.07 Å². The van der Waals surface area contributed by atoms with Crippen LogP contribution in [-0.2, 0) is 12.8 Å². The van der Waals surface area contributed by atoms with Crippen molar-refractivity contribution in [2.75, 3.05) is 6.61 Å². The summed E-state index contributed by atoms with van der Waals surface area (Å²) in [6.07, 6.45) is 0.768. The summed E-state index contributed by atoms with van der Waals surface area (Å²) in [7, 11) is 0. The number of aliphatic hydroxyl groups excluding tert-OH is 1. The lowest BCUT2D eigenvalue weighted by Gasteiger charge is -2.05. The molecule has 0 aliphatic heterocycles. The molecule has 0 saturated heterocycles. The van der Waals surface area contributed by atoms with Crippen molar-refractivity contribution in [3.63, 3.8) is 0 Å². The third-order valence-electron chi connectivity index (χ3n) is 1.98. The van der Waals surface area contributed by atoms with Gasteiger partial charge in [0.15, 0.2) is 0 Å². The predicted molar refractivity (Wildman–Crippen MR) is 46.5 cm³/mol. The molecule has 1 nitrogen and oxygen atoms in total. The Balaban J connectivity index is 3.06. The number of hydrogen-bond acceptors (Lipinski definition) is 1. The minimum absolute atomic E-state index is 0.119. The Hall–Kier alpha value is -0.960. The second-order valence-electron chi connectivity index (χ2n) is 2.86. The normalized spacial score (nSPS) is 10.5. The van der Waals surface area contributed by atoms with Crippen LogP contribution in [0.3, 0.4) is 0 Å². The van der Waals surface area contributed by atoms with Crippen LogP contribution in [0.4, 0.5) is 8.78 Å². The molecule has 0 bridgehead atoms. The molecule has 0 radical (unpaired) electrons. The topological polar surface area (TPSA) is 20.2 Å². The van der Waals surface area contributed by atoms with Crippen LogP contribution in [0, 0.1) is 11.6 Å². The van der Waals surface area contributed by atoms with Crippen molar-refractivity contribution in [3.05, 3.63) is 34.9 Å². The highest BCUT2D eigenvalue weighted by Crippen LogP contribution is 2.15. The maximum Gasteiger partial charge on any atom is 0.129 e. The third kappa shape index (κ3) is 2.25. The van der Waals surface area contributed by atoms with Gasteiger partial charge in [-0.3, -0.25) is 0 Å². The van der Waals surface area contributed by atoms with Crippen molar-refractivity contribution in [2.24, 2.45) is 0 Å². The summed E-state index contributed by atoms with van der Waals surface area (Å²) in [4.78, 5) is 0. The van der Waals surface area contributed by atoms with Crippen LogP contribution >= 0.6 is 0 Å². The van der Waals surface area contributed by atoms with Crippen molar-refractivity contribution in [3.8, 4) is 0 Å². The summed E-state index contributed by atoms with van der Waals surface area (Å²) in [6, 6.07) is 2.35. The Morgan fingerprint density at radius 3 is 2.31 bits per heavy atom. The summed E-state index contributed by atoms with van der Waals surface area (Å²) in [5.41, 5.74) is 0.866. The molecule has 0 fully saturated rings. The minimum atomic E-state index is -0.580. The number of aliphatic hydroxyl groups is 1. The fourth-order valence-corrected chi connectivity index (χ4v) is 1.23. The molecule has 1 aromatic carbocycles. The molecule has 13 heavy (non-hydrogen) atoms. The van der Waals surface area contributed by atoms with E-state index in [1.54, 1.807) is 6.92 Å². The molecule has 0 unspecified atom stereocenters. The first-order chi connectivity index (χ1) is 6.19. The standard InChI is InChI=1S/C10H12F2O/c1-2-7-5-8(3-4-13)10(12)6-9(7)11/h5-6,13H,2-4H2,1H3. The van der Waals surface area contributed by atoms with Gasteiger partial charge in [-0.25, -0.2) is 8.78 Å². The molecule has 0 saturated carbocycles. The van der Waals surface area contributed by atoms with Gasteiger partial charge in [0.1, 0.15) is 11.6 Å². The summed E-state index contributed by atoms with van der Waals surface area (Å²) >= 11 is 0. The van der Waals surface area contributed by atoms with Gasteiger partial charge in [0.05, 0.1) is 0 Å². The van der Waals surface area contributed by atoms with E-state index >= 15 is 0 Å². The number of benzene rings is 1. The fourth-order valence-electron chi connectivity index (χ4n) is 1.23. The zero-order chi connectivity index (χ0) is 9.84. The molecule has 1 aromatic rings. The summed E-state index contributed by atoms with van der Waals surface area (Å²) < 4.78 is 26.0. The van der Waals surface area contributed by atoms with Crippen LogP contribution in [0.2, 0.25) is 0 Å². The monoisotopic (exact) mass is 186 g/mol. The molecule has 0 heterocycles. The van der Waals surface area contributed by atoms with E-state index in [1.165, 1.54) is 6.07 Å². The van der Waals surface area contributed by atoms with Gasteiger partial charge in [-0.15, -0.1) is 0 Å². The van der Waals surface area contributed by atoms with Gasteiger partial charge in [0.25, 0.3) is 0 Å². The van der Waals surface area contributed by atoms with Crippen molar-refractivity contribution in [1.82, 2.24) is 0 Å². The maximum atomic E-state index is 13.0. The van der Waals surface area contributed by atoms with Crippen LogP contribution in [-0.4, -0.2) is 11.7 Å². The van der Waals surface area contributed by atoms with Crippen molar-refractivity contribution < 1.29 is 13.9 Å². The maximum absolute atomic E-state index is 13.0. The van der Waals surface area contributed by atoms with Gasteiger partial charge in [0, 0.05) is 12.7 Å². The van der Waals surface area contributed by atoms with Crippen LogP contribution < -0.4 is 0 Å². The summed E-state index contributed by atoms with van der Waals surface area (Å²) in [5.74, 6) is -1.09. The van der Waals surface area contributed by atoms with E-state index in [0.29, 0.717) is 17.5 Å². The summed E-state index contributed by atoms with van der Waals surface area (Å²) in [6.45, 7) is 1.69. The molecule has 0 aliphatic rings. The first-order valence-corrected chi connectivity index (χ1v) is 4.26. The van der Waals surface area contributed by atoms with Gasteiger partial charge >= 0.3 is 0 Å². The molecule has 3 heteroatoms. The van der Waals surface area contributed by atoms with Crippen LogP contribution in [0.25, 0.3) is 0 Å². The van der Waals surface area contributed by atoms with Crippen molar-refractivity contribution in [2.45, 2.75) is 19.8 Å². The lowest BCUT2D eigenvalue weighted by molar-refractivity contribution is 0.297. The molecule has 1 rings (SSSR count). The first kappa shape index (κ1) is 10.1. The second-order valence-corrected chi connectivity index (χ2v) is 2.86. The predicted octanol–water partition coefficient (Wildman–Crippen LogP) is 2.06. The second kappa shape index (κ2) is 4.33. The highest BCUT2D eigenvalue weighted by Gasteiger charge is 2.07. The zero-order valence-corrected chi connectivity index (χ0v) is 7.48. The Labute approximate surface area is 76.0 Å². The first-order valence-electron chi connectivity index (χ1n) is 4.26. The zero-order valence-electron chi connectivity index (χ0n) is 7.48. The van der Waals surface area contributed by atoms with E-state index < -0.39 is 11.6 Å². The number of aryl methyl sites for hydroxylation is 1. The molecule has 0 amide bonds. The molecule has 72 valence electrons. The van der Waals surface area contributed by atoms with E-state index in [9.17, 15) is 8.78 Å². The number of rotatable bonds is 3. The van der Waals surface area contributed by atoms with Gasteiger partial charge in [-0.1, -0.05) is 6.92 Å². The van der Waals surface area contributed by atoms with E-state index in [1.807, 2.05) is 0 Å². The van der Waals surface area contributed by atoms with Gasteiger partial charge < -0.3 is 5.11 Å². The minimum Gasteiger partial charge on any atom is -0.396 e. The van der Waals surface area contributed by atoms with Gasteiger partial charge in [-0.05, 0) is 30.0 Å². The fraction of sp³-hybridized carbons (Fsp3) is 0.400. The average molecular weight is 186 g/mol. The van der Waals surface area contributed by atoms with E-state index in [2.05, 4.69) is 0 Å². The highest BCUT2D eigenvalue weighted by molar-refractivity contribution is 5.26. The Bertz CT molecular complexity index is 297. The molecular weight excluding hydrogens is 174 g/mol. The molecule has 0 spiro atoms. The van der Waals surface area contributed by atoms with Crippen molar-refractivity contribution in [1.29, 1.82) is 0 Å². The Morgan fingerprint density at radius 2 is 1.77 bits per heavy atom. The summed E-state index contributed by atoms with van der Waals surface area (Å²) in [5, 5.41) is 8.62. The number of hydrogen-bond donors (Lipinski definition) is 1. The Kier molecular flexibility index (Phi) is 3.37. The van der Waals surface area contributed by atoms with Crippen LogP contribution in [0.5, 0.6) is 0 Å². The molecule has 1 N–H and O–H groups in total. The Morgan fingerprint density at radius 1 is 1.15 bits per heavy atom. The quantitative estimate of drug-likeness (QED) is 0.766. The SMILES string of the molecule is CCc1cc(CCO)c(F)cc1F. The van der Waals surface area contributed by atoms with Crippen LogP contribution in [0.1, 0.15) is 18.1 Å². The van der Waals surface area contributed by atoms with E-state index in [-0.39, 0.29) is 13.0 Å². The van der Waals surface area contributed by atoms with Crippen molar-refractivity contribution >= 4 is 0 Å². The molecule has 0 aromatic heterocycles.